The zero-order chi connectivity index (χ0) is 72.8. The summed E-state index contributed by atoms with van der Waals surface area (Å²) in [7, 11) is 7.63. The molecule has 0 fully saturated rings. The third-order valence-electron chi connectivity index (χ3n) is 12.5. The normalized spacial score (nSPS) is 11.3. The van der Waals surface area contributed by atoms with Gasteiger partial charge in [-0.2, -0.15) is 21.0 Å². The van der Waals surface area contributed by atoms with Crippen LogP contribution in [0.25, 0.3) is 22.3 Å². The van der Waals surface area contributed by atoms with Gasteiger partial charge in [-0.3, -0.25) is 45.3 Å². The van der Waals surface area contributed by atoms with Crippen LogP contribution in [0.5, 0.6) is 46.0 Å². The Morgan fingerprint density at radius 1 is 0.459 bits per heavy atom. The maximum atomic E-state index is 12.6. The maximum Gasteiger partial charge on any atom is 0.438 e. The van der Waals surface area contributed by atoms with Gasteiger partial charge in [0.2, 0.25) is 56.4 Å². The number of aliphatic hydroxyl groups is 1. The number of nitrogens with zero attached hydrogens (tertiary/aromatic N) is 12. The van der Waals surface area contributed by atoms with Crippen molar-refractivity contribution in [2.75, 3.05) is 42.7 Å². The molecule has 0 aliphatic rings. The summed E-state index contributed by atoms with van der Waals surface area (Å²) in [6.45, 7) is 0. The monoisotopic (exact) mass is 1440 g/mol. The molecule has 500 valence electrons. The van der Waals surface area contributed by atoms with E-state index in [1.807, 2.05) is 0 Å². The average molecular weight is 1440 g/mol. The van der Waals surface area contributed by atoms with Crippen LogP contribution in [0.4, 0.5) is 22.7 Å². The molecule has 0 saturated carbocycles. The molecular formula is C58H45ClN14O21S4+4. The molecule has 0 bridgehead atoms. The number of phenolic OH excluding ortho intramolecular Hbond substituents is 2. The van der Waals surface area contributed by atoms with Crippen LogP contribution < -0.4 is 58.2 Å². The van der Waals surface area contributed by atoms with Gasteiger partial charge in [-0.1, -0.05) is 56.9 Å². The van der Waals surface area contributed by atoms with Gasteiger partial charge in [0.15, 0.2) is 64.5 Å². The number of ketones is 1. The summed E-state index contributed by atoms with van der Waals surface area (Å²) in [5.41, 5.74) is 13.2. The summed E-state index contributed by atoms with van der Waals surface area (Å²) < 4.78 is 34.8. The smallest absolute Gasteiger partial charge is 0.438 e. The molecule has 35 nitrogen and oxygen atoms in total. The first-order valence-corrected chi connectivity index (χ1v) is 30.1. The van der Waals surface area contributed by atoms with Gasteiger partial charge in [0.25, 0.3) is 0 Å². The molecule has 0 amide bonds. The third kappa shape index (κ3) is 17.3. The van der Waals surface area contributed by atoms with E-state index in [4.69, 9.17) is 56.8 Å². The van der Waals surface area contributed by atoms with E-state index < -0.39 is 94.5 Å². The van der Waals surface area contributed by atoms with Crippen molar-refractivity contribution in [2.45, 2.75) is 0 Å². The van der Waals surface area contributed by atoms with Crippen molar-refractivity contribution in [3.63, 3.8) is 0 Å². The van der Waals surface area contributed by atoms with E-state index in [9.17, 15) is 90.7 Å². The summed E-state index contributed by atoms with van der Waals surface area (Å²) in [5, 5.41) is 117. The maximum absolute atomic E-state index is 12.6. The fraction of sp³-hybridized carbons (Fsp3) is 0.103. The minimum Gasteiger partial charge on any atom is -0.504 e. The number of halogens is 1. The summed E-state index contributed by atoms with van der Waals surface area (Å²) >= 11 is 11.2. The molecular weight excluding hydrogens is 1390 g/mol. The predicted octanol–water partition coefficient (Wildman–Crippen LogP) is 7.25. The molecule has 0 aliphatic carbocycles. The fourth-order valence-corrected chi connectivity index (χ4v) is 10.4. The number of nitriles is 4. The van der Waals surface area contributed by atoms with Gasteiger partial charge in [0.05, 0.1) is 100 Å². The van der Waals surface area contributed by atoms with E-state index in [0.29, 0.717) is 0 Å². The van der Waals surface area contributed by atoms with E-state index in [1.165, 1.54) is 167 Å². The van der Waals surface area contributed by atoms with Gasteiger partial charge >= 0.3 is 46.4 Å². The highest BCUT2D eigenvalue weighted by Gasteiger charge is 2.33. The summed E-state index contributed by atoms with van der Waals surface area (Å²) in [6, 6.07) is 15.7. The van der Waals surface area contributed by atoms with E-state index in [-0.39, 0.29) is 84.3 Å². The van der Waals surface area contributed by atoms with Gasteiger partial charge < -0.3 is 55.2 Å². The molecule has 98 heavy (non-hydrogen) atoms. The fourth-order valence-electron chi connectivity index (χ4n) is 7.90. The largest absolute Gasteiger partial charge is 0.504 e. The standard InChI is InChI=1S/C15H11ClN3O5S.C15H12N4O5S.C15H11N3O6S.C13H8N4O5S/c1-23-12-6-9(5-11(19(21)22)14(12)24-2)13(16)10(7-17)15(20)18-3-4-25-8-18;1-23-12-6-9(5-11(19(21)22)14(12)24-2)13(17)10(7-16)15(20)18-3-4-25-8-18;1-23-12-6-9(5-11(18(21)22)14(12)24-2)13(19)10(7-16)15(20)17-3-4-25-8-17;14-5-8(13(20)16-1-2-23-6-16)11(15)7-3-9(17(21)22)12(19)10(18)4-7/h3-6,8H,1-2H3;3-6,8H,1-2H3,(H-,17,20);3-6,8H,1-2H3;1-4,6H,(H3-,15,18,19,20)/q+1;;;/p+3/b13-10-;;;. The molecule has 8 aromatic rings. The van der Waals surface area contributed by atoms with Crippen LogP contribution in [0.3, 0.4) is 0 Å². The SMILES string of the molecule is COc1cc(/C(Cl)=C(\C#N)C(=O)[n+]2ccsc2)cc([N+](=O)[O-])c1OC.COc1cc(/C(N)=C(\C#N)C(=O)[n+]2ccsc2)cc([N+](=O)[O-])c1OC.COc1cc(C(=O)C(C#N)=C(O)[n+]2ccsc2)cc([N+](=O)[O-])c1OC.N#C/C(C(=O)[n+]1ccsc1)=C(/N)c1cc(O)c(O)c([N+](=O)[O-])c1. The number of hydrogen-bond donors (Lipinski definition) is 5. The lowest BCUT2D eigenvalue weighted by atomic mass is 10.0. The Hall–Kier alpha value is -13.3. The highest BCUT2D eigenvalue weighted by Crippen LogP contribution is 2.43. The molecule has 4 heterocycles. The molecule has 0 radical (unpaired) electrons. The van der Waals surface area contributed by atoms with E-state index in [0.717, 1.165) is 34.9 Å². The number of aliphatic hydroxyl groups excluding tert-OH is 1. The first kappa shape index (κ1) is 75.4. The van der Waals surface area contributed by atoms with Crippen molar-refractivity contribution in [3.8, 4) is 70.3 Å². The number of aromatic nitrogens is 4. The Balaban J connectivity index is 0.000000236. The molecule has 0 saturated heterocycles. The Labute approximate surface area is 570 Å². The van der Waals surface area contributed by atoms with Crippen molar-refractivity contribution in [3.05, 3.63) is 202 Å². The van der Waals surface area contributed by atoms with Crippen molar-refractivity contribution in [1.29, 1.82) is 21.0 Å². The van der Waals surface area contributed by atoms with Gasteiger partial charge in [-0.15, -0.1) is 18.3 Å². The average Bonchev–Trinajstić information content (AvgIpc) is 0.846. The van der Waals surface area contributed by atoms with Gasteiger partial charge in [-0.25, -0.2) is 14.4 Å². The first-order valence-electron chi connectivity index (χ1n) is 26.0. The van der Waals surface area contributed by atoms with Crippen LogP contribution in [-0.2, 0) is 0 Å². The number of allylic oxidation sites excluding steroid dienone is 4. The second kappa shape index (κ2) is 34.6. The highest BCUT2D eigenvalue weighted by molar-refractivity contribution is 7.07. The van der Waals surface area contributed by atoms with E-state index in [2.05, 4.69) is 0 Å². The number of benzene rings is 4. The van der Waals surface area contributed by atoms with E-state index >= 15 is 0 Å². The van der Waals surface area contributed by atoms with Crippen molar-refractivity contribution in [1.82, 2.24) is 0 Å². The molecule has 0 spiro atoms. The van der Waals surface area contributed by atoms with E-state index in [1.54, 1.807) is 45.8 Å². The molecule has 4 aromatic heterocycles. The van der Waals surface area contributed by atoms with Gasteiger partial charge in [0.1, 0.15) is 24.3 Å². The second-order valence-electron chi connectivity index (χ2n) is 18.0. The number of rotatable bonds is 19. The molecule has 0 aliphatic heterocycles. The Morgan fingerprint density at radius 2 is 0.765 bits per heavy atom. The molecule has 0 atom stereocenters. The summed E-state index contributed by atoms with van der Waals surface area (Å²) in [5.74, 6) is -5.43. The number of aromatic hydroxyl groups is 2. The molecule has 0 unspecified atom stereocenters. The molecule has 8 rings (SSSR count). The lowest BCUT2D eigenvalue weighted by molar-refractivity contribution is -0.594. The summed E-state index contributed by atoms with van der Waals surface area (Å²) in [6.07, 6.45) is 5.84. The minimum atomic E-state index is -0.927. The number of thiazole rings is 4. The number of Topliss-reactive ketones (excluding diaryl/α,β-unsaturated/α-hetero) is 1. The van der Waals surface area contributed by atoms with Crippen LogP contribution in [0, 0.1) is 85.8 Å². The number of carbonyl (C=O) groups excluding carboxylic acids is 4. The summed E-state index contributed by atoms with van der Waals surface area (Å²) in [4.78, 5) is 91.1. The lowest BCUT2D eigenvalue weighted by Crippen LogP contribution is -2.41. The number of nitro groups is 4. The van der Waals surface area contributed by atoms with Gasteiger partial charge in [0, 0.05) is 46.5 Å². The number of ether oxygens (including phenoxy) is 6. The van der Waals surface area contributed by atoms with Gasteiger partial charge in [-0.05, 0) is 24.3 Å². The Kier molecular flexibility index (Phi) is 26.6. The lowest BCUT2D eigenvalue weighted by Gasteiger charge is -2.10. The quantitative estimate of drug-likeness (QED) is 0.00777. The number of hydrogen-bond acceptors (Lipinski definition) is 31. The number of phenols is 2. The Morgan fingerprint density at radius 3 is 1.09 bits per heavy atom. The zero-order valence-electron chi connectivity index (χ0n) is 50.8. The van der Waals surface area contributed by atoms with Crippen LogP contribution in [0.2, 0.25) is 0 Å². The molecule has 40 heteroatoms. The second-order valence-corrected chi connectivity index (χ2v) is 21.4. The van der Waals surface area contributed by atoms with Crippen LogP contribution in [0.1, 0.15) is 41.4 Å². The number of carbonyl (C=O) groups is 4. The zero-order valence-corrected chi connectivity index (χ0v) is 54.8. The topological polar surface area (TPSA) is 520 Å². The van der Waals surface area contributed by atoms with Crippen molar-refractivity contribution in [2.24, 2.45) is 11.5 Å². The number of nitro benzene ring substituents is 4. The number of methoxy groups -OCH3 is 6. The van der Waals surface area contributed by atoms with Crippen molar-refractivity contribution >= 4 is 126 Å². The molecule has 7 N–H and O–H groups in total. The number of nitrogens with two attached hydrogens (primary N) is 2. The predicted molar refractivity (Wildman–Crippen MR) is 343 cm³/mol. The Bertz CT molecular complexity index is 4610. The van der Waals surface area contributed by atoms with Crippen molar-refractivity contribution < 1.29 is 101 Å². The minimum absolute atomic E-state index is 0.0417. The molecule has 4 aromatic carbocycles. The van der Waals surface area contributed by atoms with Crippen LogP contribution >= 0.6 is 56.9 Å². The third-order valence-corrected chi connectivity index (χ3v) is 15.4. The first-order chi connectivity index (χ1) is 46.7. The van der Waals surface area contributed by atoms with Crippen LogP contribution in [-0.4, -0.2) is 101 Å². The van der Waals surface area contributed by atoms with Crippen LogP contribution in [0.15, 0.2) is 139 Å². The highest BCUT2D eigenvalue weighted by atomic mass is 35.5.